The predicted octanol–water partition coefficient (Wildman–Crippen LogP) is 4.57. The van der Waals surface area contributed by atoms with Gasteiger partial charge in [-0.25, -0.2) is 4.68 Å². The number of carbonyl (C=O) groups is 1. The number of hydrogen-bond donors (Lipinski definition) is 1. The number of anilines is 1. The number of carbonyl (C=O) groups excluding carboxylic acids is 1. The number of halogens is 1. The maximum Gasteiger partial charge on any atom is 0.449 e. The van der Waals surface area contributed by atoms with Crippen molar-refractivity contribution in [1.82, 2.24) is 9.78 Å². The fraction of sp³-hybridized carbons (Fsp3) is 0.0588. The molecule has 0 saturated heterocycles. The summed E-state index contributed by atoms with van der Waals surface area (Å²) in [5.41, 5.74) is 1.87. The number of aryl methyl sites for hydroxylation is 1. The first-order valence-corrected chi connectivity index (χ1v) is 7.55. The lowest BCUT2D eigenvalue weighted by Gasteiger charge is -2.07. The minimum atomic E-state index is -0.353. The van der Waals surface area contributed by atoms with E-state index in [-0.39, 0.29) is 11.6 Å². The van der Waals surface area contributed by atoms with Crippen LogP contribution in [-0.4, -0.2) is 15.7 Å². The van der Waals surface area contributed by atoms with Gasteiger partial charge in [-0.2, -0.15) is 5.10 Å². The zero-order valence-electron chi connectivity index (χ0n) is 12.8. The number of aromatic nitrogens is 2. The number of diazo groups is 1. The Morgan fingerprint density at radius 1 is 1.17 bits per heavy atom. The first-order valence-electron chi connectivity index (χ1n) is 7.17. The first-order chi connectivity index (χ1) is 11.6. The van der Waals surface area contributed by atoms with E-state index in [2.05, 4.69) is 15.4 Å². The molecule has 0 bridgehead atoms. The molecule has 0 aliphatic rings. The molecule has 1 aromatic heterocycles. The van der Waals surface area contributed by atoms with Crippen molar-refractivity contribution in [3.05, 3.63) is 75.9 Å². The van der Waals surface area contributed by atoms with Crippen molar-refractivity contribution in [2.75, 3.05) is 5.32 Å². The van der Waals surface area contributed by atoms with Crippen LogP contribution in [0.1, 0.15) is 16.1 Å². The Balaban J connectivity index is 2.02. The van der Waals surface area contributed by atoms with Crippen molar-refractivity contribution in [3.63, 3.8) is 0 Å². The molecule has 1 amide bonds. The lowest BCUT2D eigenvalue weighted by atomic mass is 10.2. The molecule has 0 atom stereocenters. The Morgan fingerprint density at radius 2 is 1.83 bits per heavy atom. The van der Waals surface area contributed by atoms with Crippen LogP contribution in [0, 0.1) is 12.3 Å². The van der Waals surface area contributed by atoms with Crippen molar-refractivity contribution in [2.45, 2.75) is 6.92 Å². The average Bonchev–Trinajstić information content (AvgIpc) is 2.91. The second-order valence-corrected chi connectivity index (χ2v) is 5.53. The lowest BCUT2D eigenvalue weighted by Crippen LogP contribution is -2.15. The molecule has 0 aliphatic carbocycles. The molecule has 3 rings (SSSR count). The largest absolute Gasteiger partial charge is 0.449 e. The van der Waals surface area contributed by atoms with E-state index in [9.17, 15) is 10.2 Å². The molecule has 7 heteroatoms. The molecule has 0 radical (unpaired) electrons. The fourth-order valence-electron chi connectivity index (χ4n) is 2.29. The number of benzene rings is 2. The predicted molar refractivity (Wildman–Crippen MR) is 92.5 cm³/mol. The molecule has 118 valence electrons. The van der Waals surface area contributed by atoms with Crippen LogP contribution in [0.4, 0.5) is 11.5 Å². The van der Waals surface area contributed by atoms with Gasteiger partial charge >= 0.3 is 5.69 Å². The van der Waals surface area contributed by atoms with E-state index >= 15 is 0 Å². The third-order valence-corrected chi connectivity index (χ3v) is 3.72. The second-order valence-electron chi connectivity index (χ2n) is 5.09. The highest BCUT2D eigenvalue weighted by Crippen LogP contribution is 2.31. The average molecular weight is 339 g/mol. The number of amides is 1. The lowest BCUT2D eigenvalue weighted by molar-refractivity contribution is 0.102. The molecular weight excluding hydrogens is 326 g/mol. The number of para-hydroxylation sites is 1. The molecule has 0 aliphatic heterocycles. The molecule has 0 unspecified atom stereocenters. The molecule has 24 heavy (non-hydrogen) atoms. The van der Waals surface area contributed by atoms with Gasteiger partial charge in [-0.3, -0.25) is 10.1 Å². The third kappa shape index (κ3) is 2.98. The smallest absolute Gasteiger partial charge is 0.300 e. The third-order valence-electron chi connectivity index (χ3n) is 3.47. The van der Waals surface area contributed by atoms with E-state index in [1.54, 1.807) is 31.2 Å². The van der Waals surface area contributed by atoms with E-state index in [1.807, 2.05) is 30.3 Å². The second kappa shape index (κ2) is 6.52. The summed E-state index contributed by atoms with van der Waals surface area (Å²) in [4.78, 5) is 15.7. The van der Waals surface area contributed by atoms with E-state index in [0.29, 0.717) is 22.1 Å². The van der Waals surface area contributed by atoms with E-state index in [4.69, 9.17) is 11.6 Å². The van der Waals surface area contributed by atoms with Gasteiger partial charge < -0.3 is 0 Å². The van der Waals surface area contributed by atoms with Crippen molar-refractivity contribution >= 4 is 29.0 Å². The van der Waals surface area contributed by atoms with Gasteiger partial charge in [-0.15, -0.1) is 0 Å². The molecule has 1 N–H and O–H groups in total. The quantitative estimate of drug-likeness (QED) is 0.711. The topological polar surface area (TPSA) is 75.1 Å². The van der Waals surface area contributed by atoms with Crippen molar-refractivity contribution in [1.29, 1.82) is 5.39 Å². The molecule has 6 nitrogen and oxygen atoms in total. The fourth-order valence-corrected chi connectivity index (χ4v) is 2.41. The summed E-state index contributed by atoms with van der Waals surface area (Å²) < 4.78 is 1.53. The monoisotopic (exact) mass is 338 g/mol. The SMILES string of the molecule is Cc1nn(-c2ccccc2)c(NC(=O)c2ccc(Cl)cc2)c1[N+]#N. The molecule has 3 aromatic rings. The van der Waals surface area contributed by atoms with Crippen molar-refractivity contribution < 1.29 is 4.79 Å². The van der Waals surface area contributed by atoms with E-state index in [0.717, 1.165) is 5.69 Å². The molecular formula is C17H13ClN5O+. The zero-order valence-corrected chi connectivity index (χ0v) is 13.5. The Morgan fingerprint density at radius 3 is 2.46 bits per heavy atom. The van der Waals surface area contributed by atoms with Gasteiger partial charge in [0.05, 0.1) is 5.69 Å². The minimum absolute atomic E-state index is 0.209. The van der Waals surface area contributed by atoms with E-state index in [1.165, 1.54) is 4.68 Å². The highest BCUT2D eigenvalue weighted by molar-refractivity contribution is 6.30. The Kier molecular flexibility index (Phi) is 4.27. The highest BCUT2D eigenvalue weighted by Gasteiger charge is 2.28. The number of nitrogens with one attached hydrogen (secondary N) is 1. The molecule has 0 fully saturated rings. The van der Waals surface area contributed by atoms with Crippen LogP contribution in [0.25, 0.3) is 10.7 Å². The number of nitrogens with zero attached hydrogens (tertiary/aromatic N) is 4. The van der Waals surface area contributed by atoms with Crippen molar-refractivity contribution in [3.8, 4) is 5.69 Å². The summed E-state index contributed by atoms with van der Waals surface area (Å²) in [7, 11) is 0. The van der Waals surface area contributed by atoms with Gasteiger partial charge in [0.25, 0.3) is 5.91 Å². The molecule has 2 aromatic carbocycles. The van der Waals surface area contributed by atoms with Crippen LogP contribution in [0.15, 0.2) is 54.6 Å². The number of hydrogen-bond acceptors (Lipinski definition) is 3. The van der Waals surface area contributed by atoms with Gasteiger partial charge in [0.15, 0.2) is 10.7 Å². The van der Waals surface area contributed by atoms with Gasteiger partial charge in [-0.05, 0) is 43.3 Å². The summed E-state index contributed by atoms with van der Waals surface area (Å²) in [6, 6.07) is 15.8. The minimum Gasteiger partial charge on any atom is -0.300 e. The highest BCUT2D eigenvalue weighted by atomic mass is 35.5. The molecule has 0 spiro atoms. The van der Waals surface area contributed by atoms with Crippen LogP contribution in [-0.2, 0) is 0 Å². The van der Waals surface area contributed by atoms with Crippen LogP contribution >= 0.6 is 11.6 Å². The van der Waals surface area contributed by atoms with Gasteiger partial charge in [0.1, 0.15) is 0 Å². The Bertz CT molecular complexity index is 926. The first kappa shape index (κ1) is 15.7. The molecule has 0 saturated carbocycles. The summed E-state index contributed by atoms with van der Waals surface area (Å²) in [6.45, 7) is 1.70. The van der Waals surface area contributed by atoms with Crippen LogP contribution in [0.5, 0.6) is 0 Å². The summed E-state index contributed by atoms with van der Waals surface area (Å²) in [5, 5.41) is 16.9. The molecule has 1 heterocycles. The summed E-state index contributed by atoms with van der Waals surface area (Å²) >= 11 is 5.84. The Hall–Kier alpha value is -3.17. The van der Waals surface area contributed by atoms with E-state index < -0.39 is 0 Å². The standard InChI is InChI=1S/C17H12ClN5O/c1-11-15(21-19)16(23(22-11)14-5-3-2-4-6-14)20-17(24)12-7-9-13(18)10-8-12/h2-10H,1H3/p+1. The van der Waals surface area contributed by atoms with Gasteiger partial charge in [0.2, 0.25) is 11.2 Å². The summed E-state index contributed by atoms with van der Waals surface area (Å²) in [6.07, 6.45) is 0. The van der Waals surface area contributed by atoms with Crippen LogP contribution in [0.2, 0.25) is 5.02 Å². The van der Waals surface area contributed by atoms with Crippen molar-refractivity contribution in [2.24, 2.45) is 0 Å². The van der Waals surface area contributed by atoms with Crippen LogP contribution in [0.3, 0.4) is 0 Å². The maximum atomic E-state index is 12.5. The normalized spacial score (nSPS) is 10.2. The van der Waals surface area contributed by atoms with Gasteiger partial charge in [0, 0.05) is 10.6 Å². The Labute approximate surface area is 143 Å². The number of rotatable bonds is 3. The zero-order chi connectivity index (χ0) is 17.1. The maximum absolute atomic E-state index is 12.5. The van der Waals surface area contributed by atoms with Gasteiger partial charge in [-0.1, -0.05) is 29.8 Å². The van der Waals surface area contributed by atoms with Crippen LogP contribution < -0.4 is 5.32 Å². The summed E-state index contributed by atoms with van der Waals surface area (Å²) in [5.74, 6) is -0.0604.